The lowest BCUT2D eigenvalue weighted by atomic mass is 10.2. The summed E-state index contributed by atoms with van der Waals surface area (Å²) in [6.07, 6.45) is 10.2. The van der Waals surface area contributed by atoms with E-state index in [1.807, 2.05) is 35.7 Å². The molecule has 1 saturated heterocycles. The Labute approximate surface area is 100 Å². The van der Waals surface area contributed by atoms with E-state index in [4.69, 9.17) is 0 Å². The molecule has 1 atom stereocenters. The Bertz CT molecular complexity index is 453. The Morgan fingerprint density at radius 2 is 2.41 bits per heavy atom. The van der Waals surface area contributed by atoms with Gasteiger partial charge in [-0.3, -0.25) is 4.68 Å². The van der Waals surface area contributed by atoms with Crippen molar-refractivity contribution in [2.24, 2.45) is 0 Å². The van der Waals surface area contributed by atoms with Crippen LogP contribution in [0.5, 0.6) is 0 Å². The van der Waals surface area contributed by atoms with Crippen LogP contribution < -0.4 is 5.32 Å². The molecule has 5 nitrogen and oxygen atoms in total. The van der Waals surface area contributed by atoms with E-state index < -0.39 is 0 Å². The van der Waals surface area contributed by atoms with E-state index in [1.165, 1.54) is 18.5 Å². The van der Waals surface area contributed by atoms with Crippen LogP contribution in [0.1, 0.15) is 24.6 Å². The quantitative estimate of drug-likeness (QED) is 0.860. The minimum Gasteiger partial charge on any atom is -0.331 e. The number of aryl methyl sites for hydroxylation is 2. The molecule has 0 bridgehead atoms. The van der Waals surface area contributed by atoms with Gasteiger partial charge in [0.1, 0.15) is 0 Å². The number of hydrogen-bond donors (Lipinski definition) is 1. The van der Waals surface area contributed by atoms with Crippen LogP contribution in [0.3, 0.4) is 0 Å². The van der Waals surface area contributed by atoms with Gasteiger partial charge >= 0.3 is 0 Å². The average molecular weight is 231 g/mol. The second-order valence-corrected chi connectivity index (χ2v) is 4.43. The number of rotatable bonds is 4. The zero-order chi connectivity index (χ0) is 11.5. The van der Waals surface area contributed by atoms with Crippen molar-refractivity contribution in [3.63, 3.8) is 0 Å². The minimum atomic E-state index is 0.482. The van der Waals surface area contributed by atoms with Gasteiger partial charge in [-0.1, -0.05) is 0 Å². The standard InChI is InChI=1S/C12H17N5/c1-3-11(14-4-1)12-9-13-10-16(12)7-8-17-6-2-5-15-17/h2,5-6,9-11,14H,1,3-4,7-8H2. The van der Waals surface area contributed by atoms with Gasteiger partial charge in [0.2, 0.25) is 0 Å². The summed E-state index contributed by atoms with van der Waals surface area (Å²) in [5.41, 5.74) is 1.30. The number of nitrogens with zero attached hydrogens (tertiary/aromatic N) is 4. The topological polar surface area (TPSA) is 47.7 Å². The Morgan fingerprint density at radius 1 is 1.41 bits per heavy atom. The minimum absolute atomic E-state index is 0.482. The third-order valence-corrected chi connectivity index (χ3v) is 3.29. The van der Waals surface area contributed by atoms with Crippen molar-refractivity contribution in [1.82, 2.24) is 24.6 Å². The molecule has 0 saturated carbocycles. The number of aromatic nitrogens is 4. The van der Waals surface area contributed by atoms with Crippen LogP contribution in [-0.4, -0.2) is 25.9 Å². The number of hydrogen-bond acceptors (Lipinski definition) is 3. The molecule has 2 aromatic rings. The van der Waals surface area contributed by atoms with Crippen LogP contribution in [0.15, 0.2) is 31.0 Å². The molecule has 1 fully saturated rings. The van der Waals surface area contributed by atoms with E-state index in [9.17, 15) is 0 Å². The van der Waals surface area contributed by atoms with Gasteiger partial charge in [-0.15, -0.1) is 0 Å². The molecule has 3 heterocycles. The molecule has 0 spiro atoms. The van der Waals surface area contributed by atoms with Crippen molar-refractivity contribution in [2.75, 3.05) is 6.54 Å². The molecule has 2 aromatic heterocycles. The predicted molar refractivity (Wildman–Crippen MR) is 64.4 cm³/mol. The lowest BCUT2D eigenvalue weighted by molar-refractivity contribution is 0.498. The highest BCUT2D eigenvalue weighted by molar-refractivity contribution is 5.07. The largest absolute Gasteiger partial charge is 0.331 e. The number of imidazole rings is 1. The molecule has 1 unspecified atom stereocenters. The lowest BCUT2D eigenvalue weighted by Crippen LogP contribution is -2.18. The van der Waals surface area contributed by atoms with Gasteiger partial charge in [0, 0.05) is 31.2 Å². The molecular formula is C12H17N5. The third kappa shape index (κ3) is 2.24. The summed E-state index contributed by atoms with van der Waals surface area (Å²) < 4.78 is 4.18. The molecule has 0 amide bonds. The molecule has 1 aliphatic heterocycles. The average Bonchev–Trinajstić information content (AvgIpc) is 3.09. The summed E-state index contributed by atoms with van der Waals surface area (Å²) in [5.74, 6) is 0. The van der Waals surface area contributed by atoms with E-state index in [2.05, 4.69) is 20.0 Å². The van der Waals surface area contributed by atoms with Crippen molar-refractivity contribution >= 4 is 0 Å². The van der Waals surface area contributed by atoms with Gasteiger partial charge in [0.25, 0.3) is 0 Å². The maximum Gasteiger partial charge on any atom is 0.0949 e. The lowest BCUT2D eigenvalue weighted by Gasteiger charge is -2.13. The Morgan fingerprint density at radius 3 is 3.18 bits per heavy atom. The van der Waals surface area contributed by atoms with Crippen molar-refractivity contribution in [3.8, 4) is 0 Å². The Balaban J connectivity index is 1.68. The van der Waals surface area contributed by atoms with Crippen molar-refractivity contribution in [3.05, 3.63) is 36.7 Å². The van der Waals surface area contributed by atoms with Crippen LogP contribution in [0, 0.1) is 0 Å². The van der Waals surface area contributed by atoms with Gasteiger partial charge in [0.05, 0.1) is 18.6 Å². The van der Waals surface area contributed by atoms with Crippen LogP contribution in [0.4, 0.5) is 0 Å². The van der Waals surface area contributed by atoms with Crippen molar-refractivity contribution < 1.29 is 0 Å². The summed E-state index contributed by atoms with van der Waals surface area (Å²) in [6.45, 7) is 2.94. The fourth-order valence-electron chi connectivity index (χ4n) is 2.39. The smallest absolute Gasteiger partial charge is 0.0949 e. The van der Waals surface area contributed by atoms with E-state index in [0.29, 0.717) is 6.04 Å². The van der Waals surface area contributed by atoms with Gasteiger partial charge in [0.15, 0.2) is 0 Å². The first kappa shape index (κ1) is 10.5. The maximum atomic E-state index is 4.26. The molecule has 0 aliphatic carbocycles. The predicted octanol–water partition coefficient (Wildman–Crippen LogP) is 1.20. The SMILES string of the molecule is c1cnn(CCn2cncc2C2CCCN2)c1. The zero-order valence-electron chi connectivity index (χ0n) is 9.79. The monoisotopic (exact) mass is 231 g/mol. The summed E-state index contributed by atoms with van der Waals surface area (Å²) in [5, 5.41) is 7.72. The molecule has 90 valence electrons. The first-order valence-corrected chi connectivity index (χ1v) is 6.14. The molecule has 0 aromatic carbocycles. The second-order valence-electron chi connectivity index (χ2n) is 4.43. The number of nitrogens with one attached hydrogen (secondary N) is 1. The summed E-state index contributed by atoms with van der Waals surface area (Å²) in [4.78, 5) is 4.26. The Hall–Kier alpha value is -1.62. The Kier molecular flexibility index (Phi) is 2.92. The first-order chi connectivity index (χ1) is 8.43. The molecule has 5 heteroatoms. The van der Waals surface area contributed by atoms with E-state index in [-0.39, 0.29) is 0 Å². The van der Waals surface area contributed by atoms with Gasteiger partial charge in [-0.25, -0.2) is 4.98 Å². The van der Waals surface area contributed by atoms with Gasteiger partial charge < -0.3 is 9.88 Å². The normalized spacial score (nSPS) is 19.9. The van der Waals surface area contributed by atoms with Gasteiger partial charge in [-0.05, 0) is 25.5 Å². The highest BCUT2D eigenvalue weighted by Crippen LogP contribution is 2.22. The zero-order valence-corrected chi connectivity index (χ0v) is 9.79. The van der Waals surface area contributed by atoms with E-state index in [1.54, 1.807) is 0 Å². The highest BCUT2D eigenvalue weighted by Gasteiger charge is 2.19. The van der Waals surface area contributed by atoms with Crippen LogP contribution in [0.2, 0.25) is 0 Å². The van der Waals surface area contributed by atoms with Crippen LogP contribution >= 0.6 is 0 Å². The van der Waals surface area contributed by atoms with Crippen molar-refractivity contribution in [1.29, 1.82) is 0 Å². The van der Waals surface area contributed by atoms with E-state index >= 15 is 0 Å². The van der Waals surface area contributed by atoms with Gasteiger partial charge in [-0.2, -0.15) is 5.10 Å². The molecule has 1 N–H and O–H groups in total. The summed E-state index contributed by atoms with van der Waals surface area (Å²) >= 11 is 0. The van der Waals surface area contributed by atoms with Crippen LogP contribution in [-0.2, 0) is 13.1 Å². The highest BCUT2D eigenvalue weighted by atomic mass is 15.3. The summed E-state index contributed by atoms with van der Waals surface area (Å²) in [7, 11) is 0. The van der Waals surface area contributed by atoms with Crippen molar-refractivity contribution in [2.45, 2.75) is 32.0 Å². The molecule has 1 aliphatic rings. The fourth-order valence-corrected chi connectivity index (χ4v) is 2.39. The summed E-state index contributed by atoms with van der Waals surface area (Å²) in [6, 6.07) is 2.43. The fraction of sp³-hybridized carbons (Fsp3) is 0.500. The maximum absolute atomic E-state index is 4.26. The second kappa shape index (κ2) is 4.71. The molecular weight excluding hydrogens is 214 g/mol. The van der Waals surface area contributed by atoms with Crippen LogP contribution in [0.25, 0.3) is 0 Å². The van der Waals surface area contributed by atoms with E-state index in [0.717, 1.165) is 19.6 Å². The first-order valence-electron chi connectivity index (χ1n) is 6.14. The molecule has 3 rings (SSSR count). The molecule has 17 heavy (non-hydrogen) atoms. The molecule has 0 radical (unpaired) electrons. The third-order valence-electron chi connectivity index (χ3n) is 3.29.